The van der Waals surface area contributed by atoms with Gasteiger partial charge in [-0.15, -0.1) is 0 Å². The molecule has 1 N–H and O–H groups in total. The Morgan fingerprint density at radius 3 is 2.70 bits per heavy atom. The first-order valence-electron chi connectivity index (χ1n) is 9.55. The highest BCUT2D eigenvalue weighted by atomic mass is 35.5. The van der Waals surface area contributed by atoms with Gasteiger partial charge in [0.1, 0.15) is 17.3 Å². The third kappa shape index (κ3) is 4.94. The Morgan fingerprint density at radius 2 is 1.97 bits per heavy atom. The molecular formula is C23H16Cl2N2O4S2. The van der Waals surface area contributed by atoms with Gasteiger partial charge in [-0.1, -0.05) is 41.0 Å². The van der Waals surface area contributed by atoms with E-state index in [9.17, 15) is 9.59 Å². The van der Waals surface area contributed by atoms with Crippen LogP contribution in [0.2, 0.25) is 10.0 Å². The molecule has 33 heavy (non-hydrogen) atoms. The number of rotatable bonds is 5. The van der Waals surface area contributed by atoms with Gasteiger partial charge in [-0.3, -0.25) is 15.0 Å². The summed E-state index contributed by atoms with van der Waals surface area (Å²) >= 11 is 18.6. The number of hydrazine groups is 1. The minimum atomic E-state index is -0.536. The second kappa shape index (κ2) is 9.61. The fraction of sp³-hybridized carbons (Fsp3) is 0.0870. The molecule has 2 heterocycles. The summed E-state index contributed by atoms with van der Waals surface area (Å²) in [5.41, 5.74) is 4.36. The number of aryl methyl sites for hydroxylation is 1. The highest BCUT2D eigenvalue weighted by molar-refractivity contribution is 8.26. The Kier molecular flexibility index (Phi) is 6.81. The second-order valence-electron chi connectivity index (χ2n) is 6.99. The fourth-order valence-electron chi connectivity index (χ4n) is 3.11. The number of ether oxygens (including phenoxy) is 1. The zero-order valence-electron chi connectivity index (χ0n) is 17.3. The molecule has 0 bridgehead atoms. The zero-order valence-corrected chi connectivity index (χ0v) is 20.5. The predicted octanol–water partition coefficient (Wildman–Crippen LogP) is 6.12. The Labute approximate surface area is 209 Å². The lowest BCUT2D eigenvalue weighted by atomic mass is 10.1. The largest absolute Gasteiger partial charge is 0.496 e. The molecule has 0 aliphatic carbocycles. The van der Waals surface area contributed by atoms with E-state index in [1.165, 1.54) is 0 Å². The molecule has 3 aromatic rings. The summed E-state index contributed by atoms with van der Waals surface area (Å²) in [6.07, 6.45) is 1.56. The number of carbonyl (C=O) groups excluding carboxylic acids is 2. The maximum absolute atomic E-state index is 12.9. The molecule has 0 saturated carbocycles. The van der Waals surface area contributed by atoms with Crippen LogP contribution in [-0.4, -0.2) is 28.3 Å². The van der Waals surface area contributed by atoms with Crippen LogP contribution in [0.3, 0.4) is 0 Å². The number of hydrogen-bond donors (Lipinski definition) is 1. The number of amides is 2. The van der Waals surface area contributed by atoms with Gasteiger partial charge < -0.3 is 9.15 Å². The van der Waals surface area contributed by atoms with Crippen molar-refractivity contribution in [3.05, 3.63) is 80.4 Å². The minimum Gasteiger partial charge on any atom is -0.496 e. The smallest absolute Gasteiger partial charge is 0.285 e. The van der Waals surface area contributed by atoms with Gasteiger partial charge in [0, 0.05) is 11.1 Å². The molecule has 0 atom stereocenters. The van der Waals surface area contributed by atoms with Gasteiger partial charge in [0.2, 0.25) is 0 Å². The number of methoxy groups -OCH3 is 1. The highest BCUT2D eigenvalue weighted by Gasteiger charge is 2.34. The van der Waals surface area contributed by atoms with Crippen molar-refractivity contribution in [2.75, 3.05) is 7.11 Å². The topological polar surface area (TPSA) is 71.8 Å². The van der Waals surface area contributed by atoms with Crippen LogP contribution in [0.5, 0.6) is 5.75 Å². The highest BCUT2D eigenvalue weighted by Crippen LogP contribution is 2.36. The number of thiocarbonyl (C=S) groups is 1. The predicted molar refractivity (Wildman–Crippen MR) is 134 cm³/mol. The van der Waals surface area contributed by atoms with Crippen molar-refractivity contribution in [1.82, 2.24) is 10.4 Å². The molecule has 2 amide bonds. The van der Waals surface area contributed by atoms with E-state index in [0.29, 0.717) is 32.8 Å². The van der Waals surface area contributed by atoms with Crippen molar-refractivity contribution in [2.24, 2.45) is 0 Å². The van der Waals surface area contributed by atoms with Crippen LogP contribution in [0, 0.1) is 6.92 Å². The first-order valence-corrected chi connectivity index (χ1v) is 11.5. The van der Waals surface area contributed by atoms with Crippen molar-refractivity contribution < 1.29 is 18.7 Å². The quantitative estimate of drug-likeness (QED) is 0.324. The van der Waals surface area contributed by atoms with Gasteiger partial charge in [0.15, 0.2) is 4.32 Å². The van der Waals surface area contributed by atoms with Crippen molar-refractivity contribution in [3.63, 3.8) is 0 Å². The van der Waals surface area contributed by atoms with Gasteiger partial charge in [-0.25, -0.2) is 0 Å². The molecule has 1 aliphatic rings. The first-order chi connectivity index (χ1) is 15.8. The molecule has 1 aromatic heterocycles. The monoisotopic (exact) mass is 518 g/mol. The van der Waals surface area contributed by atoms with E-state index in [-0.39, 0.29) is 14.9 Å². The third-order valence-corrected chi connectivity index (χ3v) is 6.55. The number of halogens is 2. The molecule has 0 spiro atoms. The minimum absolute atomic E-state index is 0.186. The summed E-state index contributed by atoms with van der Waals surface area (Å²) < 4.78 is 11.4. The number of benzene rings is 2. The summed E-state index contributed by atoms with van der Waals surface area (Å²) in [4.78, 5) is 25.8. The lowest BCUT2D eigenvalue weighted by Gasteiger charge is -2.16. The molecule has 10 heteroatoms. The number of nitrogens with one attached hydrogen (secondary N) is 1. The molecule has 0 radical (unpaired) electrons. The van der Waals surface area contributed by atoms with Crippen molar-refractivity contribution in [3.8, 4) is 17.1 Å². The summed E-state index contributed by atoms with van der Waals surface area (Å²) in [7, 11) is 1.56. The Bertz CT molecular complexity index is 1320. The van der Waals surface area contributed by atoms with Gasteiger partial charge in [0.05, 0.1) is 28.2 Å². The van der Waals surface area contributed by atoms with Gasteiger partial charge >= 0.3 is 0 Å². The van der Waals surface area contributed by atoms with E-state index >= 15 is 0 Å². The summed E-state index contributed by atoms with van der Waals surface area (Å²) in [5, 5.41) is 1.84. The number of furan rings is 1. The average Bonchev–Trinajstić information content (AvgIpc) is 3.34. The molecule has 4 rings (SSSR count). The van der Waals surface area contributed by atoms with Crippen molar-refractivity contribution >= 4 is 69.4 Å². The fourth-order valence-corrected chi connectivity index (χ4v) is 4.76. The molecule has 2 aromatic carbocycles. The normalized spacial score (nSPS) is 14.8. The number of carbonyl (C=O) groups is 2. The maximum Gasteiger partial charge on any atom is 0.285 e. The van der Waals surface area contributed by atoms with E-state index < -0.39 is 11.8 Å². The third-order valence-electron chi connectivity index (χ3n) is 4.70. The number of nitrogens with zero attached hydrogens (tertiary/aromatic N) is 1. The van der Waals surface area contributed by atoms with E-state index in [4.69, 9.17) is 44.6 Å². The molecule has 1 saturated heterocycles. The molecule has 0 unspecified atom stereocenters. The molecular weight excluding hydrogens is 503 g/mol. The molecule has 1 fully saturated rings. The number of thioether (sulfide) groups is 1. The van der Waals surface area contributed by atoms with E-state index in [0.717, 1.165) is 22.3 Å². The zero-order chi connectivity index (χ0) is 23.7. The van der Waals surface area contributed by atoms with Gasteiger partial charge in [-0.2, -0.15) is 5.01 Å². The summed E-state index contributed by atoms with van der Waals surface area (Å²) in [6.45, 7) is 1.86. The van der Waals surface area contributed by atoms with Crippen molar-refractivity contribution in [2.45, 2.75) is 6.92 Å². The molecule has 6 nitrogen and oxygen atoms in total. The Balaban J connectivity index is 1.54. The van der Waals surface area contributed by atoms with Gasteiger partial charge in [-0.05, 0) is 67.2 Å². The Morgan fingerprint density at radius 1 is 1.18 bits per heavy atom. The number of hydrogen-bond acceptors (Lipinski definition) is 6. The second-order valence-corrected chi connectivity index (χ2v) is 9.51. The van der Waals surface area contributed by atoms with Gasteiger partial charge in [0.25, 0.3) is 11.8 Å². The lowest BCUT2D eigenvalue weighted by Crippen LogP contribution is -2.44. The van der Waals surface area contributed by atoms with E-state index in [2.05, 4.69) is 5.43 Å². The first kappa shape index (κ1) is 23.4. The van der Waals surface area contributed by atoms with Crippen LogP contribution >= 0.6 is 47.2 Å². The maximum atomic E-state index is 12.9. The SMILES string of the molecule is COc1ccc(Cl)cc1-c1ccc(/C=C2/SC(=S)N(NC(=O)c3ccc(C)cc3Cl)C2=O)o1. The summed E-state index contributed by atoms with van der Waals surface area (Å²) in [5.74, 6) is 0.550. The molecule has 1 aliphatic heterocycles. The summed E-state index contributed by atoms with van der Waals surface area (Å²) in [6, 6.07) is 13.7. The Hall–Kier alpha value is -2.78. The van der Waals surface area contributed by atoms with E-state index in [1.54, 1.807) is 61.7 Å². The van der Waals surface area contributed by atoms with Crippen LogP contribution in [0.4, 0.5) is 0 Å². The van der Waals surface area contributed by atoms with Crippen LogP contribution < -0.4 is 10.2 Å². The van der Waals surface area contributed by atoms with E-state index in [1.807, 2.05) is 6.92 Å². The van der Waals surface area contributed by atoms with Crippen LogP contribution in [0.1, 0.15) is 21.7 Å². The standard InChI is InChI=1S/C23H16Cl2N2O4S2/c1-12-3-6-15(17(25)9-12)21(28)26-27-22(29)20(33-23(27)32)11-14-5-8-19(31-14)16-10-13(24)4-7-18(16)30-2/h3-11H,1-2H3,(H,26,28)/b20-11+. The average molecular weight is 519 g/mol. The van der Waals surface area contributed by atoms with Crippen molar-refractivity contribution in [1.29, 1.82) is 0 Å². The lowest BCUT2D eigenvalue weighted by molar-refractivity contribution is -0.123. The van der Waals surface area contributed by atoms with Crippen LogP contribution in [-0.2, 0) is 4.79 Å². The van der Waals surface area contributed by atoms with Crippen LogP contribution in [0.15, 0.2) is 57.9 Å². The molecule has 168 valence electrons. The van der Waals surface area contributed by atoms with Crippen LogP contribution in [0.25, 0.3) is 17.4 Å².